The Bertz CT molecular complexity index is 644. The van der Waals surface area contributed by atoms with Crippen LogP contribution >= 0.6 is 11.8 Å². The molecule has 22 heavy (non-hydrogen) atoms. The number of nitrogens with one attached hydrogen (secondary N) is 1. The number of rotatable bonds is 7. The first-order valence-corrected chi connectivity index (χ1v) is 7.73. The second kappa shape index (κ2) is 7.69. The maximum absolute atomic E-state index is 12.0. The highest BCUT2D eigenvalue weighted by Gasteiger charge is 2.18. The number of amides is 1. The van der Waals surface area contributed by atoms with Crippen molar-refractivity contribution >= 4 is 23.5 Å². The molecule has 0 spiro atoms. The van der Waals surface area contributed by atoms with Crippen LogP contribution in [0.5, 0.6) is 0 Å². The number of benzene rings is 1. The van der Waals surface area contributed by atoms with E-state index in [0.717, 1.165) is 5.56 Å². The molecule has 2 aromatic rings. The predicted molar refractivity (Wildman–Crippen MR) is 82.3 cm³/mol. The zero-order valence-corrected chi connectivity index (χ0v) is 13.2. The molecule has 1 N–H and O–H groups in total. The monoisotopic (exact) mass is 319 g/mol. The molecule has 0 saturated carbocycles. The molecule has 7 nitrogen and oxygen atoms in total. The Morgan fingerprint density at radius 1 is 1.32 bits per heavy atom. The number of aromatic nitrogens is 4. The van der Waals surface area contributed by atoms with Crippen molar-refractivity contribution in [1.82, 2.24) is 25.5 Å². The number of ketones is 1. The van der Waals surface area contributed by atoms with Gasteiger partial charge in [0.1, 0.15) is 0 Å². The van der Waals surface area contributed by atoms with E-state index in [4.69, 9.17) is 0 Å². The highest BCUT2D eigenvalue weighted by atomic mass is 32.2. The van der Waals surface area contributed by atoms with Gasteiger partial charge in [0.2, 0.25) is 11.1 Å². The third-order valence-corrected chi connectivity index (χ3v) is 4.03. The molecule has 1 unspecified atom stereocenters. The van der Waals surface area contributed by atoms with Gasteiger partial charge in [0.15, 0.2) is 5.78 Å². The summed E-state index contributed by atoms with van der Waals surface area (Å²) in [6.07, 6.45) is 0.484. The molecule has 116 valence electrons. The summed E-state index contributed by atoms with van der Waals surface area (Å²) in [4.78, 5) is 23.7. The standard InChI is InChI=1S/C14H17N5O2S/c1-10(20)12(8-11-6-4-3-5-7-11)15-13(21)9-22-14-16-17-18-19(14)2/h3-7,12H,8-9H2,1-2H3,(H,15,21). The average Bonchev–Trinajstić information content (AvgIpc) is 2.91. The van der Waals surface area contributed by atoms with Crippen molar-refractivity contribution in [2.45, 2.75) is 24.5 Å². The van der Waals surface area contributed by atoms with Crippen molar-refractivity contribution < 1.29 is 9.59 Å². The Morgan fingerprint density at radius 3 is 2.64 bits per heavy atom. The van der Waals surface area contributed by atoms with Gasteiger partial charge in [-0.05, 0) is 29.3 Å². The van der Waals surface area contributed by atoms with Gasteiger partial charge in [-0.1, -0.05) is 42.1 Å². The summed E-state index contributed by atoms with van der Waals surface area (Å²) in [6, 6.07) is 9.07. The van der Waals surface area contributed by atoms with E-state index in [2.05, 4.69) is 20.8 Å². The van der Waals surface area contributed by atoms with Crippen molar-refractivity contribution in [3.63, 3.8) is 0 Å². The zero-order valence-electron chi connectivity index (χ0n) is 12.4. The SMILES string of the molecule is CC(=O)C(Cc1ccccc1)NC(=O)CSc1nnnn1C. The van der Waals surface area contributed by atoms with Crippen LogP contribution < -0.4 is 5.32 Å². The predicted octanol–water partition coefficient (Wildman–Crippen LogP) is 0.619. The number of nitrogens with zero attached hydrogens (tertiary/aromatic N) is 4. The first-order valence-electron chi connectivity index (χ1n) is 6.75. The lowest BCUT2D eigenvalue weighted by Gasteiger charge is -2.15. The summed E-state index contributed by atoms with van der Waals surface area (Å²) < 4.78 is 1.49. The minimum absolute atomic E-state index is 0.0671. The molecule has 1 atom stereocenters. The number of thioether (sulfide) groups is 1. The fraction of sp³-hybridized carbons (Fsp3) is 0.357. The number of carbonyl (C=O) groups is 2. The van der Waals surface area contributed by atoms with E-state index in [9.17, 15) is 9.59 Å². The van der Waals surface area contributed by atoms with Crippen molar-refractivity contribution in [3.8, 4) is 0 Å². The van der Waals surface area contributed by atoms with Gasteiger partial charge < -0.3 is 5.32 Å². The summed E-state index contributed by atoms with van der Waals surface area (Å²) in [5, 5.41) is 14.3. The van der Waals surface area contributed by atoms with Gasteiger partial charge in [0.25, 0.3) is 0 Å². The van der Waals surface area contributed by atoms with E-state index in [1.165, 1.54) is 23.4 Å². The maximum Gasteiger partial charge on any atom is 0.231 e. The van der Waals surface area contributed by atoms with Gasteiger partial charge in [-0.15, -0.1) is 5.10 Å². The van der Waals surface area contributed by atoms with Gasteiger partial charge >= 0.3 is 0 Å². The van der Waals surface area contributed by atoms with E-state index in [0.29, 0.717) is 11.6 Å². The fourth-order valence-electron chi connectivity index (χ4n) is 1.86. The summed E-state index contributed by atoms with van der Waals surface area (Å²) in [5.41, 5.74) is 1.01. The smallest absolute Gasteiger partial charge is 0.231 e. The lowest BCUT2D eigenvalue weighted by Crippen LogP contribution is -2.42. The normalized spacial score (nSPS) is 11.9. The van der Waals surface area contributed by atoms with Crippen LogP contribution in [0.4, 0.5) is 0 Å². The number of hydrogen-bond donors (Lipinski definition) is 1. The minimum atomic E-state index is -0.520. The number of Topliss-reactive ketones (excluding diaryl/α,β-unsaturated/α-hetero) is 1. The first kappa shape index (κ1) is 16.2. The van der Waals surface area contributed by atoms with Crippen molar-refractivity contribution in [2.24, 2.45) is 7.05 Å². The summed E-state index contributed by atoms with van der Waals surface area (Å²) in [5.74, 6) is -0.126. The molecule has 2 rings (SSSR count). The van der Waals surface area contributed by atoms with Gasteiger partial charge in [-0.25, -0.2) is 4.68 Å². The van der Waals surface area contributed by atoms with Crippen LogP contribution in [0.3, 0.4) is 0 Å². The molecule has 0 saturated heterocycles. The van der Waals surface area contributed by atoms with Crippen molar-refractivity contribution in [1.29, 1.82) is 0 Å². The highest BCUT2D eigenvalue weighted by molar-refractivity contribution is 7.99. The number of tetrazole rings is 1. The van der Waals surface area contributed by atoms with Crippen LogP contribution in [0.15, 0.2) is 35.5 Å². The average molecular weight is 319 g/mol. The molecule has 0 fully saturated rings. The molecular weight excluding hydrogens is 302 g/mol. The lowest BCUT2D eigenvalue weighted by atomic mass is 10.0. The van der Waals surface area contributed by atoms with Crippen LogP contribution in [-0.2, 0) is 23.1 Å². The summed E-state index contributed by atoms with van der Waals surface area (Å²) in [7, 11) is 1.70. The minimum Gasteiger partial charge on any atom is -0.345 e. The third-order valence-electron chi connectivity index (χ3n) is 3.02. The molecule has 1 aromatic carbocycles. The Balaban J connectivity index is 1.89. The highest BCUT2D eigenvalue weighted by Crippen LogP contribution is 2.12. The largest absolute Gasteiger partial charge is 0.345 e. The molecule has 1 amide bonds. The zero-order chi connectivity index (χ0) is 15.9. The second-order valence-electron chi connectivity index (χ2n) is 4.79. The van der Waals surface area contributed by atoms with Gasteiger partial charge in [0, 0.05) is 7.05 Å². The van der Waals surface area contributed by atoms with E-state index < -0.39 is 6.04 Å². The van der Waals surface area contributed by atoms with Crippen LogP contribution in [0.1, 0.15) is 12.5 Å². The first-order chi connectivity index (χ1) is 10.6. The molecule has 0 aliphatic heterocycles. The summed E-state index contributed by atoms with van der Waals surface area (Å²) in [6.45, 7) is 1.48. The second-order valence-corrected chi connectivity index (χ2v) is 5.74. The van der Waals surface area contributed by atoms with Crippen LogP contribution in [0, 0.1) is 0 Å². The van der Waals surface area contributed by atoms with Crippen LogP contribution in [0.2, 0.25) is 0 Å². The van der Waals surface area contributed by atoms with Crippen LogP contribution in [-0.4, -0.2) is 43.7 Å². The van der Waals surface area contributed by atoms with Gasteiger partial charge in [0.05, 0.1) is 11.8 Å². The number of hydrogen-bond acceptors (Lipinski definition) is 6. The van der Waals surface area contributed by atoms with Crippen molar-refractivity contribution in [2.75, 3.05) is 5.75 Å². The third kappa shape index (κ3) is 4.66. The Morgan fingerprint density at radius 2 is 2.05 bits per heavy atom. The van der Waals surface area contributed by atoms with E-state index in [-0.39, 0.29) is 17.4 Å². The van der Waals surface area contributed by atoms with Crippen molar-refractivity contribution in [3.05, 3.63) is 35.9 Å². The van der Waals surface area contributed by atoms with E-state index >= 15 is 0 Å². The topological polar surface area (TPSA) is 89.8 Å². The molecule has 0 aliphatic carbocycles. The Labute approximate surface area is 132 Å². The van der Waals surface area contributed by atoms with E-state index in [1.54, 1.807) is 7.05 Å². The number of carbonyl (C=O) groups excluding carboxylic acids is 2. The fourth-order valence-corrected chi connectivity index (χ4v) is 2.52. The molecule has 0 bridgehead atoms. The van der Waals surface area contributed by atoms with Gasteiger partial charge in [-0.3, -0.25) is 9.59 Å². The molecule has 1 heterocycles. The van der Waals surface area contributed by atoms with E-state index in [1.807, 2.05) is 30.3 Å². The quantitative estimate of drug-likeness (QED) is 0.753. The molecule has 1 aromatic heterocycles. The Hall–Kier alpha value is -2.22. The maximum atomic E-state index is 12.0. The number of aryl methyl sites for hydroxylation is 1. The molecule has 0 radical (unpaired) electrons. The Kier molecular flexibility index (Phi) is 5.65. The van der Waals surface area contributed by atoms with Crippen LogP contribution in [0.25, 0.3) is 0 Å². The molecule has 0 aliphatic rings. The molecule has 8 heteroatoms. The lowest BCUT2D eigenvalue weighted by molar-refractivity contribution is -0.125. The van der Waals surface area contributed by atoms with Gasteiger partial charge in [-0.2, -0.15) is 0 Å². The summed E-state index contributed by atoms with van der Waals surface area (Å²) >= 11 is 1.23. The molecular formula is C14H17N5O2S.